The molecule has 1 aromatic carbocycles. The van der Waals surface area contributed by atoms with Gasteiger partial charge in [0.1, 0.15) is 16.4 Å². The largest absolute Gasteiger partial charge is 0.496 e. The van der Waals surface area contributed by atoms with Crippen molar-refractivity contribution >= 4 is 21.6 Å². The second kappa shape index (κ2) is 9.00. The average Bonchev–Trinajstić information content (AvgIpc) is 3.19. The zero-order chi connectivity index (χ0) is 22.8. The Balaban J connectivity index is 1.80. The highest BCUT2D eigenvalue weighted by molar-refractivity contribution is 7.17. The smallest absolute Gasteiger partial charge is 0.263 e. The molecule has 0 bridgehead atoms. The Bertz CT molecular complexity index is 1400. The molecule has 32 heavy (non-hydrogen) atoms. The average molecular weight is 452 g/mol. The molecule has 4 rings (SSSR count). The molecule has 4 aromatic rings. The summed E-state index contributed by atoms with van der Waals surface area (Å²) < 4.78 is 12.6. The van der Waals surface area contributed by atoms with Crippen molar-refractivity contribution in [2.45, 2.75) is 33.7 Å². The minimum Gasteiger partial charge on any atom is -0.496 e. The molecule has 0 aliphatic heterocycles. The van der Waals surface area contributed by atoms with Crippen LogP contribution in [-0.2, 0) is 6.54 Å². The molecule has 0 spiro atoms. The number of benzene rings is 1. The van der Waals surface area contributed by atoms with Gasteiger partial charge in [-0.05, 0) is 32.4 Å². The number of hydrogen-bond acceptors (Lipinski definition) is 6. The van der Waals surface area contributed by atoms with Crippen LogP contribution in [0.25, 0.3) is 21.3 Å². The van der Waals surface area contributed by atoms with Crippen molar-refractivity contribution in [2.24, 2.45) is 0 Å². The molecule has 8 heteroatoms. The Labute approximate surface area is 189 Å². The van der Waals surface area contributed by atoms with E-state index in [-0.39, 0.29) is 23.3 Å². The SMILES string of the molecule is CCCOc1c[nH]c(Cn2c(C)nc3scc(-c4cc(C)ccc4OC)c3c2=O)cc1=O. The van der Waals surface area contributed by atoms with E-state index >= 15 is 0 Å². The van der Waals surface area contributed by atoms with Crippen LogP contribution in [0.2, 0.25) is 0 Å². The van der Waals surface area contributed by atoms with Gasteiger partial charge in [-0.25, -0.2) is 4.98 Å². The van der Waals surface area contributed by atoms with E-state index in [1.54, 1.807) is 24.8 Å². The number of thiophene rings is 1. The lowest BCUT2D eigenvalue weighted by atomic mass is 10.0. The molecule has 0 saturated heterocycles. The summed E-state index contributed by atoms with van der Waals surface area (Å²) in [6.07, 6.45) is 2.36. The monoisotopic (exact) mass is 451 g/mol. The van der Waals surface area contributed by atoms with E-state index in [1.165, 1.54) is 17.4 Å². The third-order valence-corrected chi connectivity index (χ3v) is 6.13. The number of rotatable bonds is 7. The molecule has 3 aromatic heterocycles. The first kappa shape index (κ1) is 21.8. The molecule has 0 fully saturated rings. The van der Waals surface area contributed by atoms with E-state index in [0.717, 1.165) is 23.1 Å². The predicted octanol–water partition coefficient (Wildman–Crippen LogP) is 4.28. The van der Waals surface area contributed by atoms with Gasteiger partial charge in [-0.15, -0.1) is 11.3 Å². The second-order valence-corrected chi connectivity index (χ2v) is 8.48. The van der Waals surface area contributed by atoms with Gasteiger partial charge in [-0.1, -0.05) is 18.6 Å². The number of fused-ring (bicyclic) bond motifs is 1. The first-order valence-electron chi connectivity index (χ1n) is 10.4. The number of H-pyrrole nitrogens is 1. The highest BCUT2D eigenvalue weighted by Crippen LogP contribution is 2.37. The van der Waals surface area contributed by atoms with Gasteiger partial charge in [0.25, 0.3) is 5.56 Å². The molecule has 1 N–H and O–H groups in total. The quantitative estimate of drug-likeness (QED) is 0.453. The number of aromatic amines is 1. The fraction of sp³-hybridized carbons (Fsp3) is 0.292. The Morgan fingerprint density at radius 3 is 2.66 bits per heavy atom. The van der Waals surface area contributed by atoms with Crippen molar-refractivity contribution in [3.8, 4) is 22.6 Å². The summed E-state index contributed by atoms with van der Waals surface area (Å²) in [5.41, 5.74) is 2.97. The van der Waals surface area contributed by atoms with Crippen molar-refractivity contribution < 1.29 is 9.47 Å². The van der Waals surface area contributed by atoms with Gasteiger partial charge in [0, 0.05) is 34.5 Å². The van der Waals surface area contributed by atoms with Gasteiger partial charge < -0.3 is 14.5 Å². The Morgan fingerprint density at radius 1 is 1.12 bits per heavy atom. The van der Waals surface area contributed by atoms with Gasteiger partial charge in [0.05, 0.1) is 25.6 Å². The molecule has 0 unspecified atom stereocenters. The molecule has 0 aliphatic rings. The summed E-state index contributed by atoms with van der Waals surface area (Å²) in [5, 5.41) is 2.50. The Morgan fingerprint density at radius 2 is 1.94 bits per heavy atom. The fourth-order valence-corrected chi connectivity index (χ4v) is 4.60. The number of hydrogen-bond donors (Lipinski definition) is 1. The van der Waals surface area contributed by atoms with Gasteiger partial charge >= 0.3 is 0 Å². The van der Waals surface area contributed by atoms with Crippen LogP contribution < -0.4 is 20.5 Å². The van der Waals surface area contributed by atoms with E-state index in [2.05, 4.69) is 9.97 Å². The highest BCUT2D eigenvalue weighted by atomic mass is 32.1. The lowest BCUT2D eigenvalue weighted by Gasteiger charge is -2.12. The summed E-state index contributed by atoms with van der Waals surface area (Å²) >= 11 is 1.43. The number of nitrogens with zero attached hydrogens (tertiary/aromatic N) is 2. The minimum atomic E-state index is -0.215. The maximum absolute atomic E-state index is 13.6. The third-order valence-electron chi connectivity index (χ3n) is 5.26. The molecule has 0 saturated carbocycles. The molecule has 3 heterocycles. The summed E-state index contributed by atoms with van der Waals surface area (Å²) in [6, 6.07) is 7.36. The van der Waals surface area contributed by atoms with E-state index in [0.29, 0.717) is 34.1 Å². The summed E-state index contributed by atoms with van der Waals surface area (Å²) in [4.78, 5) is 34.3. The minimum absolute atomic E-state index is 0.153. The molecule has 7 nitrogen and oxygen atoms in total. The normalized spacial score (nSPS) is 11.1. The van der Waals surface area contributed by atoms with Gasteiger partial charge in [-0.3, -0.25) is 14.2 Å². The first-order chi connectivity index (χ1) is 15.4. The Kier molecular flexibility index (Phi) is 6.14. The number of ether oxygens (including phenoxy) is 2. The number of methoxy groups -OCH3 is 1. The van der Waals surface area contributed by atoms with Crippen molar-refractivity contribution in [3.05, 3.63) is 73.5 Å². The van der Waals surface area contributed by atoms with E-state index in [4.69, 9.17) is 9.47 Å². The van der Waals surface area contributed by atoms with Crippen molar-refractivity contribution in [1.29, 1.82) is 0 Å². The molecule has 0 aliphatic carbocycles. The molecular weight excluding hydrogens is 426 g/mol. The lowest BCUT2D eigenvalue weighted by Crippen LogP contribution is -2.25. The van der Waals surface area contributed by atoms with E-state index in [1.807, 2.05) is 37.4 Å². The standard InChI is InChI=1S/C24H25N3O4S/c1-5-8-31-21-11-25-16(10-19(21)28)12-27-15(3)26-23-22(24(27)29)18(13-32-23)17-9-14(2)6-7-20(17)30-4/h6-7,9-11,13H,5,8,12H2,1-4H3,(H,25,28). The van der Waals surface area contributed by atoms with Gasteiger partial charge in [-0.2, -0.15) is 0 Å². The summed E-state index contributed by atoms with van der Waals surface area (Å²) in [5.74, 6) is 1.56. The molecule has 0 amide bonds. The number of nitrogens with one attached hydrogen (secondary N) is 1. The van der Waals surface area contributed by atoms with Crippen LogP contribution in [0.4, 0.5) is 0 Å². The zero-order valence-electron chi connectivity index (χ0n) is 18.5. The van der Waals surface area contributed by atoms with Crippen LogP contribution in [0, 0.1) is 13.8 Å². The maximum atomic E-state index is 13.6. The lowest BCUT2D eigenvalue weighted by molar-refractivity contribution is 0.313. The summed E-state index contributed by atoms with van der Waals surface area (Å²) in [7, 11) is 1.62. The van der Waals surface area contributed by atoms with E-state index < -0.39 is 0 Å². The topological polar surface area (TPSA) is 86.2 Å². The van der Waals surface area contributed by atoms with Gasteiger partial charge in [0.15, 0.2) is 5.75 Å². The first-order valence-corrected chi connectivity index (χ1v) is 11.3. The van der Waals surface area contributed by atoms with Crippen LogP contribution in [0.1, 0.15) is 30.4 Å². The number of aryl methyl sites for hydroxylation is 2. The second-order valence-electron chi connectivity index (χ2n) is 7.62. The van der Waals surface area contributed by atoms with Crippen LogP contribution >= 0.6 is 11.3 Å². The number of pyridine rings is 1. The van der Waals surface area contributed by atoms with Crippen LogP contribution in [0.5, 0.6) is 11.5 Å². The fourth-order valence-electron chi connectivity index (χ4n) is 3.63. The van der Waals surface area contributed by atoms with Crippen LogP contribution in [0.3, 0.4) is 0 Å². The summed E-state index contributed by atoms with van der Waals surface area (Å²) in [6.45, 7) is 6.46. The van der Waals surface area contributed by atoms with E-state index in [9.17, 15) is 9.59 Å². The molecule has 166 valence electrons. The maximum Gasteiger partial charge on any atom is 0.263 e. The molecule has 0 radical (unpaired) electrons. The predicted molar refractivity (Wildman–Crippen MR) is 127 cm³/mol. The van der Waals surface area contributed by atoms with Crippen molar-refractivity contribution in [3.63, 3.8) is 0 Å². The highest BCUT2D eigenvalue weighted by Gasteiger charge is 2.18. The molecule has 0 atom stereocenters. The van der Waals surface area contributed by atoms with Crippen molar-refractivity contribution in [1.82, 2.24) is 14.5 Å². The van der Waals surface area contributed by atoms with Crippen LogP contribution in [-0.4, -0.2) is 28.3 Å². The van der Waals surface area contributed by atoms with Crippen LogP contribution in [0.15, 0.2) is 45.4 Å². The van der Waals surface area contributed by atoms with Crippen molar-refractivity contribution in [2.75, 3.05) is 13.7 Å². The molecular formula is C24H25N3O4S. The Hall–Kier alpha value is -3.39. The third kappa shape index (κ3) is 4.05. The number of aromatic nitrogens is 3. The zero-order valence-corrected chi connectivity index (χ0v) is 19.3. The van der Waals surface area contributed by atoms with Gasteiger partial charge in [0.2, 0.25) is 5.43 Å².